The summed E-state index contributed by atoms with van der Waals surface area (Å²) in [5, 5.41) is 7.58. The molecule has 0 fully saturated rings. The predicted octanol–water partition coefficient (Wildman–Crippen LogP) is 1.60. The third-order valence-corrected chi connectivity index (χ3v) is 3.63. The first-order chi connectivity index (χ1) is 8.89. The van der Waals surface area contributed by atoms with Crippen molar-refractivity contribution in [3.05, 3.63) is 17.0 Å². The smallest absolute Gasteiger partial charge is 0.327 e. The summed E-state index contributed by atoms with van der Waals surface area (Å²) in [6, 6.07) is 0. The van der Waals surface area contributed by atoms with Crippen molar-refractivity contribution in [2.45, 2.75) is 53.1 Å². The summed E-state index contributed by atoms with van der Waals surface area (Å²) >= 11 is 0. The van der Waals surface area contributed by atoms with Crippen LogP contribution in [0.3, 0.4) is 0 Å². The molecular weight excluding hydrogens is 242 g/mol. The third kappa shape index (κ3) is 3.15. The van der Waals surface area contributed by atoms with Gasteiger partial charge in [-0.3, -0.25) is 4.68 Å². The number of aryl methyl sites for hydroxylation is 1. The number of aromatic nitrogens is 2. The number of likely N-dealkylation sites (N-methyl/N-ethyl adjacent to an activating group) is 1. The van der Waals surface area contributed by atoms with Crippen molar-refractivity contribution in [2.75, 3.05) is 13.7 Å². The highest BCUT2D eigenvalue weighted by Gasteiger charge is 2.34. The number of hydrogen-bond donors (Lipinski definition) is 1. The van der Waals surface area contributed by atoms with Crippen LogP contribution in [0.2, 0.25) is 0 Å². The fourth-order valence-corrected chi connectivity index (χ4v) is 2.24. The van der Waals surface area contributed by atoms with Crippen LogP contribution in [-0.2, 0) is 22.5 Å². The van der Waals surface area contributed by atoms with Gasteiger partial charge in [0.2, 0.25) is 0 Å². The highest BCUT2D eigenvalue weighted by Crippen LogP contribution is 2.17. The Morgan fingerprint density at radius 3 is 2.47 bits per heavy atom. The minimum absolute atomic E-state index is 0.247. The van der Waals surface area contributed by atoms with Crippen LogP contribution >= 0.6 is 0 Å². The van der Waals surface area contributed by atoms with Gasteiger partial charge in [-0.15, -0.1) is 0 Å². The van der Waals surface area contributed by atoms with E-state index in [1.54, 1.807) is 7.05 Å². The van der Waals surface area contributed by atoms with E-state index in [-0.39, 0.29) is 5.97 Å². The maximum Gasteiger partial charge on any atom is 0.327 e. The molecule has 1 atom stereocenters. The molecule has 1 N–H and O–H groups in total. The van der Waals surface area contributed by atoms with E-state index in [2.05, 4.69) is 17.3 Å². The second-order valence-electron chi connectivity index (χ2n) is 4.96. The van der Waals surface area contributed by atoms with Gasteiger partial charge in [-0.05, 0) is 46.7 Å². The lowest BCUT2D eigenvalue weighted by Crippen LogP contribution is -2.52. The number of rotatable bonds is 6. The van der Waals surface area contributed by atoms with Gasteiger partial charge in [-0.2, -0.15) is 5.10 Å². The molecule has 1 rings (SSSR count). The Kier molecular flexibility index (Phi) is 5.11. The average Bonchev–Trinajstić information content (AvgIpc) is 2.64. The Hall–Kier alpha value is -1.36. The summed E-state index contributed by atoms with van der Waals surface area (Å²) in [4.78, 5) is 12.0. The van der Waals surface area contributed by atoms with Crippen molar-refractivity contribution >= 4 is 5.97 Å². The number of carbonyl (C=O) groups is 1. The molecule has 0 bridgehead atoms. The average molecular weight is 267 g/mol. The van der Waals surface area contributed by atoms with E-state index >= 15 is 0 Å². The SMILES string of the molecule is CCOC(=O)C(C)(Cn1nc(C)c(CC)c1C)NC. The second-order valence-corrected chi connectivity index (χ2v) is 4.96. The zero-order valence-electron chi connectivity index (χ0n) is 12.8. The van der Waals surface area contributed by atoms with E-state index in [9.17, 15) is 4.79 Å². The lowest BCUT2D eigenvalue weighted by atomic mass is 10.0. The Bertz CT molecular complexity index is 454. The number of nitrogens with one attached hydrogen (secondary N) is 1. The number of carbonyl (C=O) groups excluding carboxylic acids is 1. The molecule has 19 heavy (non-hydrogen) atoms. The first-order valence-corrected chi connectivity index (χ1v) is 6.78. The van der Waals surface area contributed by atoms with Crippen molar-refractivity contribution in [1.82, 2.24) is 15.1 Å². The van der Waals surface area contributed by atoms with Crippen molar-refractivity contribution in [1.29, 1.82) is 0 Å². The quantitative estimate of drug-likeness (QED) is 0.796. The molecule has 0 aliphatic carbocycles. The summed E-state index contributed by atoms with van der Waals surface area (Å²) in [5.74, 6) is -0.247. The number of nitrogens with zero attached hydrogens (tertiary/aromatic N) is 2. The van der Waals surface area contributed by atoms with Crippen LogP contribution in [0, 0.1) is 13.8 Å². The first-order valence-electron chi connectivity index (χ1n) is 6.78. The molecule has 1 aromatic heterocycles. The van der Waals surface area contributed by atoms with Crippen molar-refractivity contribution in [3.63, 3.8) is 0 Å². The first kappa shape index (κ1) is 15.7. The molecule has 0 aliphatic heterocycles. The fraction of sp³-hybridized carbons (Fsp3) is 0.714. The van der Waals surface area contributed by atoms with Gasteiger partial charge >= 0.3 is 5.97 Å². The molecule has 5 nitrogen and oxygen atoms in total. The molecule has 0 amide bonds. The normalized spacial score (nSPS) is 14.2. The topological polar surface area (TPSA) is 56.2 Å². The van der Waals surface area contributed by atoms with Crippen molar-refractivity contribution in [3.8, 4) is 0 Å². The van der Waals surface area contributed by atoms with E-state index in [0.717, 1.165) is 17.8 Å². The molecule has 0 radical (unpaired) electrons. The summed E-state index contributed by atoms with van der Waals surface area (Å²) in [7, 11) is 1.77. The minimum atomic E-state index is -0.760. The predicted molar refractivity (Wildman–Crippen MR) is 75.2 cm³/mol. The zero-order chi connectivity index (χ0) is 14.6. The van der Waals surface area contributed by atoms with Gasteiger partial charge in [-0.25, -0.2) is 4.79 Å². The van der Waals surface area contributed by atoms with Crippen molar-refractivity contribution < 1.29 is 9.53 Å². The molecule has 108 valence electrons. The van der Waals surface area contributed by atoms with Gasteiger partial charge in [0.15, 0.2) is 0 Å². The van der Waals surface area contributed by atoms with Gasteiger partial charge in [0.25, 0.3) is 0 Å². The van der Waals surface area contributed by atoms with E-state index in [4.69, 9.17) is 4.74 Å². The number of ether oxygens (including phenoxy) is 1. The molecule has 0 aliphatic rings. The maximum atomic E-state index is 12.0. The van der Waals surface area contributed by atoms with Crippen LogP contribution in [-0.4, -0.2) is 34.9 Å². The Morgan fingerprint density at radius 2 is 2.05 bits per heavy atom. The molecule has 1 unspecified atom stereocenters. The zero-order valence-corrected chi connectivity index (χ0v) is 12.8. The van der Waals surface area contributed by atoms with Gasteiger partial charge in [0.1, 0.15) is 5.54 Å². The fourth-order valence-electron chi connectivity index (χ4n) is 2.24. The number of esters is 1. The largest absolute Gasteiger partial charge is 0.465 e. The second kappa shape index (κ2) is 6.19. The summed E-state index contributed by atoms with van der Waals surface area (Å²) < 4.78 is 7.02. The van der Waals surface area contributed by atoms with Crippen LogP contribution in [0.1, 0.15) is 37.7 Å². The summed E-state index contributed by atoms with van der Waals surface area (Å²) in [5.41, 5.74) is 2.64. The highest BCUT2D eigenvalue weighted by atomic mass is 16.5. The maximum absolute atomic E-state index is 12.0. The lowest BCUT2D eigenvalue weighted by molar-refractivity contribution is -0.151. The van der Waals surface area contributed by atoms with E-state index in [1.165, 1.54) is 5.56 Å². The number of hydrogen-bond acceptors (Lipinski definition) is 4. The molecule has 1 heterocycles. The summed E-state index contributed by atoms with van der Waals surface area (Å²) in [6.45, 7) is 10.7. The Morgan fingerprint density at radius 1 is 1.42 bits per heavy atom. The minimum Gasteiger partial charge on any atom is -0.465 e. The standard InChI is InChI=1S/C14H25N3O2/c1-7-12-10(3)16-17(11(12)4)9-14(5,15-6)13(18)19-8-2/h15H,7-9H2,1-6H3. The van der Waals surface area contributed by atoms with Crippen LogP contribution in [0.15, 0.2) is 0 Å². The lowest BCUT2D eigenvalue weighted by Gasteiger charge is -2.27. The molecule has 1 aromatic rings. The van der Waals surface area contributed by atoms with Gasteiger partial charge < -0.3 is 10.1 Å². The van der Waals surface area contributed by atoms with Gasteiger partial charge in [0, 0.05) is 5.69 Å². The Balaban J connectivity index is 3.02. The Labute approximate surface area is 115 Å². The monoisotopic (exact) mass is 267 g/mol. The van der Waals surface area contributed by atoms with E-state index in [1.807, 2.05) is 32.4 Å². The molecular formula is C14H25N3O2. The molecule has 0 saturated carbocycles. The highest BCUT2D eigenvalue weighted by molar-refractivity contribution is 5.80. The van der Waals surface area contributed by atoms with Crippen LogP contribution in [0.4, 0.5) is 0 Å². The van der Waals surface area contributed by atoms with Crippen LogP contribution in [0.5, 0.6) is 0 Å². The van der Waals surface area contributed by atoms with Crippen molar-refractivity contribution in [2.24, 2.45) is 0 Å². The molecule has 0 spiro atoms. The third-order valence-electron chi connectivity index (χ3n) is 3.63. The van der Waals surface area contributed by atoms with Gasteiger partial charge in [0.05, 0.1) is 18.8 Å². The van der Waals surface area contributed by atoms with Crippen LogP contribution in [0.25, 0.3) is 0 Å². The molecule has 0 aromatic carbocycles. The molecule has 0 saturated heterocycles. The van der Waals surface area contributed by atoms with E-state index in [0.29, 0.717) is 13.2 Å². The summed E-state index contributed by atoms with van der Waals surface area (Å²) in [6.07, 6.45) is 0.952. The molecule has 5 heteroatoms. The van der Waals surface area contributed by atoms with E-state index < -0.39 is 5.54 Å². The van der Waals surface area contributed by atoms with Gasteiger partial charge in [-0.1, -0.05) is 6.92 Å². The van der Waals surface area contributed by atoms with Crippen LogP contribution < -0.4 is 5.32 Å².